The molecule has 7 rings (SSSR count). The second-order valence-corrected chi connectivity index (χ2v) is 32.5. The molecule has 4 N–H and O–H groups in total. The molecule has 0 aliphatic heterocycles. The second kappa shape index (κ2) is 18.7. The summed E-state index contributed by atoms with van der Waals surface area (Å²) in [5, 5.41) is -0.416. The van der Waals surface area contributed by atoms with E-state index in [1.807, 2.05) is 6.07 Å². The van der Waals surface area contributed by atoms with E-state index in [0.29, 0.717) is 22.3 Å². The molecule has 6 aromatic carbocycles. The third-order valence-corrected chi connectivity index (χ3v) is 17.6. The normalized spacial score (nSPS) is 14.0. The molecular weight excluding hydrogens is 959 g/mol. The van der Waals surface area contributed by atoms with Gasteiger partial charge in [0.25, 0.3) is 0 Å². The van der Waals surface area contributed by atoms with Gasteiger partial charge < -0.3 is 19.6 Å². The highest BCUT2D eigenvalue weighted by atomic mass is 31.2. The maximum absolute atomic E-state index is 14.9. The molecule has 1 aliphatic carbocycles. The van der Waals surface area contributed by atoms with Gasteiger partial charge in [-0.1, -0.05) is 251 Å². The first-order valence-corrected chi connectivity index (χ1v) is 29.9. The van der Waals surface area contributed by atoms with Gasteiger partial charge in [0.05, 0.1) is 10.6 Å². The average molecular weight is 1050 g/mol. The van der Waals surface area contributed by atoms with Gasteiger partial charge in [-0.15, -0.1) is 0 Å². The van der Waals surface area contributed by atoms with Crippen LogP contribution in [0.4, 0.5) is 0 Å². The molecule has 0 spiro atoms. The SMILES string of the molecule is CC(C)(C)c1ccc(-c2ccc3c(c2-c2ccc(C(C)(C)C)cc2C(C)(C)C)-c2c(-c4ccc(C(C)(C)C)cc4C(C)(C)C)c(-c4ccc(C(C)(C)C)cc4C(C)(C)C)c(P(=O)(O)O)c(P(O)O)c2-3)c(C(C)(C)C)c1. The minimum atomic E-state index is -5.32. The van der Waals surface area contributed by atoms with Gasteiger partial charge in [0.1, 0.15) is 0 Å². The summed E-state index contributed by atoms with van der Waals surface area (Å²) in [6, 6.07) is 31.1. The molecule has 0 aromatic heterocycles. The van der Waals surface area contributed by atoms with Crippen molar-refractivity contribution in [2.24, 2.45) is 0 Å². The molecule has 0 unspecified atom stereocenters. The van der Waals surface area contributed by atoms with Crippen LogP contribution in [0.2, 0.25) is 0 Å². The predicted octanol–water partition coefficient (Wildman–Crippen LogP) is 18.1. The Morgan fingerprint density at radius 3 is 0.893 bits per heavy atom. The summed E-state index contributed by atoms with van der Waals surface area (Å²) in [4.78, 5) is 48.3. The molecule has 75 heavy (non-hydrogen) atoms. The first kappa shape index (κ1) is 58.5. The summed E-state index contributed by atoms with van der Waals surface area (Å²) in [6.07, 6.45) is 0. The fourth-order valence-corrected chi connectivity index (χ4v) is 13.5. The number of fused-ring (bicyclic) bond motifs is 4. The van der Waals surface area contributed by atoms with E-state index in [9.17, 15) is 24.1 Å². The van der Waals surface area contributed by atoms with Crippen LogP contribution >= 0.6 is 16.0 Å². The van der Waals surface area contributed by atoms with Crippen LogP contribution in [0, 0.1) is 0 Å². The summed E-state index contributed by atoms with van der Waals surface area (Å²) in [5.74, 6) is 0. The van der Waals surface area contributed by atoms with Crippen LogP contribution in [0.5, 0.6) is 0 Å². The van der Waals surface area contributed by atoms with Crippen LogP contribution in [-0.2, 0) is 47.9 Å². The molecule has 0 heterocycles. The van der Waals surface area contributed by atoms with Gasteiger partial charge in [0.15, 0.2) is 0 Å². The van der Waals surface area contributed by atoms with Crippen molar-refractivity contribution in [1.82, 2.24) is 0 Å². The zero-order chi connectivity index (χ0) is 56.7. The lowest BCUT2D eigenvalue weighted by Gasteiger charge is -2.40. The molecule has 0 saturated heterocycles. The first-order chi connectivity index (χ1) is 33.8. The highest BCUT2D eigenvalue weighted by molar-refractivity contribution is 7.65. The second-order valence-electron chi connectivity index (χ2n) is 30.0. The Morgan fingerprint density at radius 2 is 0.587 bits per heavy atom. The van der Waals surface area contributed by atoms with Gasteiger partial charge in [0, 0.05) is 16.7 Å². The summed E-state index contributed by atoms with van der Waals surface area (Å²) >= 11 is 0. The van der Waals surface area contributed by atoms with Gasteiger partial charge in [-0.05, 0) is 138 Å². The molecule has 0 fully saturated rings. The maximum atomic E-state index is 14.9. The molecule has 6 aromatic rings. The van der Waals surface area contributed by atoms with Gasteiger partial charge >= 0.3 is 7.60 Å². The van der Waals surface area contributed by atoms with Crippen molar-refractivity contribution in [3.8, 4) is 66.8 Å². The van der Waals surface area contributed by atoms with Crippen LogP contribution in [0.1, 0.15) is 211 Å². The fraction of sp³-hybridized carbons (Fsp3) is 0.471. The molecule has 0 atom stereocenters. The number of benzene rings is 6. The zero-order valence-electron chi connectivity index (χ0n) is 50.2. The fourth-order valence-electron chi connectivity index (χ4n) is 11.2. The van der Waals surface area contributed by atoms with Crippen molar-refractivity contribution in [3.63, 3.8) is 0 Å². The van der Waals surface area contributed by atoms with Gasteiger partial charge in [-0.3, -0.25) is 4.57 Å². The standard InChI is InChI=1S/C68H90O5P2/c1-61(2,3)39-25-29-43(49(35-39)65(13,14)15)44-33-34-48-55(53(44)45-30-26-40(62(4,5)6)36-50(45)66(16,17)18)58-54(46-31-27-41(63(7,8)9)37-51(46)67(19,20)21)57(60(75(71,72)73)59(56(48)58)74(69)70)47-32-28-42(64(10,11)12)38-52(47)68(22,23)24/h25-38,69-70H,1-24H3,(H2,71,72,73). The van der Waals surface area contributed by atoms with E-state index in [4.69, 9.17) is 0 Å². The minimum Gasteiger partial charge on any atom is -0.347 e. The molecule has 7 heteroatoms. The van der Waals surface area contributed by atoms with Gasteiger partial charge in [-0.2, -0.15) is 0 Å². The van der Waals surface area contributed by atoms with E-state index in [1.54, 1.807) is 0 Å². The van der Waals surface area contributed by atoms with Crippen LogP contribution < -0.4 is 10.6 Å². The zero-order valence-corrected chi connectivity index (χ0v) is 52.0. The van der Waals surface area contributed by atoms with Gasteiger partial charge in [-0.25, -0.2) is 0 Å². The topological polar surface area (TPSA) is 98.0 Å². The van der Waals surface area contributed by atoms with Crippen molar-refractivity contribution in [2.45, 2.75) is 209 Å². The van der Waals surface area contributed by atoms with Crippen LogP contribution in [0.25, 0.3) is 66.8 Å². The van der Waals surface area contributed by atoms with Crippen molar-refractivity contribution < 1.29 is 24.1 Å². The maximum Gasteiger partial charge on any atom is 0.357 e. The highest BCUT2D eigenvalue weighted by Crippen LogP contribution is 2.64. The number of rotatable bonds is 6. The average Bonchev–Trinajstić information content (AvgIpc) is 3.23. The van der Waals surface area contributed by atoms with E-state index in [2.05, 4.69) is 245 Å². The van der Waals surface area contributed by atoms with Crippen LogP contribution in [0.15, 0.2) is 84.9 Å². The minimum absolute atomic E-state index is 0.0919. The Balaban J connectivity index is 1.89. The van der Waals surface area contributed by atoms with E-state index in [1.165, 1.54) is 22.3 Å². The highest BCUT2D eigenvalue weighted by Gasteiger charge is 2.46. The van der Waals surface area contributed by atoms with Crippen molar-refractivity contribution in [3.05, 3.63) is 129 Å². The third-order valence-electron chi connectivity index (χ3n) is 15.5. The predicted molar refractivity (Wildman–Crippen MR) is 325 cm³/mol. The molecule has 0 amide bonds. The van der Waals surface area contributed by atoms with E-state index < -0.39 is 26.8 Å². The van der Waals surface area contributed by atoms with E-state index >= 15 is 0 Å². The Labute approximate surface area is 454 Å². The lowest BCUT2D eigenvalue weighted by molar-refractivity contribution is 0.387. The summed E-state index contributed by atoms with van der Waals surface area (Å²) in [6.45, 7) is 53.5. The van der Waals surface area contributed by atoms with Crippen LogP contribution in [0.3, 0.4) is 0 Å². The molecule has 0 bridgehead atoms. The number of hydrogen-bond donors (Lipinski definition) is 4. The van der Waals surface area contributed by atoms with Crippen molar-refractivity contribution in [1.29, 1.82) is 0 Å². The Bertz CT molecular complexity index is 3290. The van der Waals surface area contributed by atoms with E-state index in [-0.39, 0.29) is 43.1 Å². The molecule has 0 saturated carbocycles. The monoisotopic (exact) mass is 1050 g/mol. The molecule has 402 valence electrons. The summed E-state index contributed by atoms with van der Waals surface area (Å²) in [5.41, 5.74) is 16.6. The Kier molecular flexibility index (Phi) is 14.6. The molecule has 5 nitrogen and oxygen atoms in total. The van der Waals surface area contributed by atoms with Crippen LogP contribution in [-0.4, -0.2) is 19.6 Å². The van der Waals surface area contributed by atoms with Gasteiger partial charge in [0.2, 0.25) is 8.38 Å². The Hall–Kier alpha value is -4.18. The molecular formula is C68H90O5P2. The lowest BCUT2D eigenvalue weighted by atomic mass is 9.65. The quantitative estimate of drug-likeness (QED) is 0.124. The smallest absolute Gasteiger partial charge is 0.347 e. The van der Waals surface area contributed by atoms with E-state index in [0.717, 1.165) is 66.8 Å². The summed E-state index contributed by atoms with van der Waals surface area (Å²) in [7, 11) is -8.40. The third kappa shape index (κ3) is 11.0. The first-order valence-electron chi connectivity index (χ1n) is 27.0. The molecule has 1 aliphatic rings. The summed E-state index contributed by atoms with van der Waals surface area (Å²) < 4.78 is 14.9. The lowest BCUT2D eigenvalue weighted by Crippen LogP contribution is -2.33. The largest absolute Gasteiger partial charge is 0.357 e. The number of hydrogen-bond acceptors (Lipinski definition) is 3. The molecule has 0 radical (unpaired) electrons. The van der Waals surface area contributed by atoms with Crippen molar-refractivity contribution >= 4 is 26.6 Å². The van der Waals surface area contributed by atoms with Crippen molar-refractivity contribution in [2.75, 3.05) is 0 Å². The Morgan fingerprint density at radius 1 is 0.307 bits per heavy atom.